The maximum atomic E-state index is 12.0. The van der Waals surface area contributed by atoms with Gasteiger partial charge in [-0.15, -0.1) is 6.58 Å². The smallest absolute Gasteiger partial charge is 0.410 e. The number of hydrogen-bond acceptors (Lipinski definition) is 4. The van der Waals surface area contributed by atoms with E-state index in [-0.39, 0.29) is 6.09 Å². The Morgan fingerprint density at radius 1 is 1.25 bits per heavy atom. The van der Waals surface area contributed by atoms with Crippen LogP contribution in [-0.2, 0) is 4.74 Å². The predicted molar refractivity (Wildman–Crippen MR) is 98.4 cm³/mol. The largest absolute Gasteiger partial charge is 0.444 e. The van der Waals surface area contributed by atoms with Gasteiger partial charge in [-0.2, -0.15) is 0 Å². The minimum absolute atomic E-state index is 0.207. The molecule has 0 aromatic heterocycles. The molecule has 0 radical (unpaired) electrons. The fraction of sp³-hybridized carbons (Fsp3) is 0.765. The van der Waals surface area contributed by atoms with E-state index >= 15 is 0 Å². The average Bonchev–Trinajstić information content (AvgIpc) is 2.53. The Hall–Kier alpha value is -1.76. The van der Waals surface area contributed by atoms with Crippen LogP contribution in [0.4, 0.5) is 4.79 Å². The van der Waals surface area contributed by atoms with Crippen LogP contribution >= 0.6 is 0 Å². The Bertz CT molecular complexity index is 423. The molecule has 7 heteroatoms. The van der Waals surface area contributed by atoms with Gasteiger partial charge in [0.15, 0.2) is 5.96 Å². The molecule has 0 aromatic rings. The van der Waals surface area contributed by atoms with Gasteiger partial charge in [0.1, 0.15) is 5.60 Å². The van der Waals surface area contributed by atoms with E-state index in [0.29, 0.717) is 6.54 Å². The molecular formula is C17H33N5O2. The van der Waals surface area contributed by atoms with Crippen LogP contribution in [0, 0.1) is 0 Å². The van der Waals surface area contributed by atoms with Crippen molar-refractivity contribution in [3.05, 3.63) is 12.7 Å². The Morgan fingerprint density at radius 3 is 2.46 bits per heavy atom. The number of guanidine groups is 1. The zero-order valence-electron chi connectivity index (χ0n) is 15.6. The summed E-state index contributed by atoms with van der Waals surface area (Å²) in [4.78, 5) is 20.3. The highest BCUT2D eigenvalue weighted by atomic mass is 16.6. The molecule has 1 aliphatic heterocycles. The number of aliphatic imine (C=N–C) groups is 1. The van der Waals surface area contributed by atoms with Crippen LogP contribution in [0.25, 0.3) is 0 Å². The zero-order chi connectivity index (χ0) is 18.0. The zero-order valence-corrected chi connectivity index (χ0v) is 15.6. The van der Waals surface area contributed by atoms with Crippen molar-refractivity contribution in [3.63, 3.8) is 0 Å². The van der Waals surface area contributed by atoms with Crippen LogP contribution in [0.3, 0.4) is 0 Å². The van der Waals surface area contributed by atoms with E-state index in [9.17, 15) is 4.79 Å². The molecule has 1 aliphatic rings. The molecule has 24 heavy (non-hydrogen) atoms. The van der Waals surface area contributed by atoms with E-state index in [1.165, 1.54) is 0 Å². The standard InChI is InChI=1S/C17H33N5O2/c1-6-8-19-15(18-5)20-9-7-10-21-11-13-22(14-12-21)16(23)24-17(2,3)4/h6H,1,7-14H2,2-5H3,(H2,18,19,20). The van der Waals surface area contributed by atoms with Gasteiger partial charge in [0, 0.05) is 46.3 Å². The third-order valence-electron chi connectivity index (χ3n) is 3.61. The molecule has 0 atom stereocenters. The van der Waals surface area contributed by atoms with Gasteiger partial charge in [-0.3, -0.25) is 9.89 Å². The fourth-order valence-corrected chi connectivity index (χ4v) is 2.38. The minimum Gasteiger partial charge on any atom is -0.444 e. The molecule has 2 N–H and O–H groups in total. The molecule has 0 spiro atoms. The second-order valence-corrected chi connectivity index (χ2v) is 6.83. The first-order valence-electron chi connectivity index (χ1n) is 8.61. The summed E-state index contributed by atoms with van der Waals surface area (Å²) >= 11 is 0. The SMILES string of the molecule is C=CCNC(=NC)NCCCN1CCN(C(=O)OC(C)(C)C)CC1. The number of nitrogens with one attached hydrogen (secondary N) is 2. The van der Waals surface area contributed by atoms with E-state index in [1.54, 1.807) is 18.0 Å². The highest BCUT2D eigenvalue weighted by Crippen LogP contribution is 2.11. The third kappa shape index (κ3) is 8.19. The number of carbonyl (C=O) groups is 1. The van der Waals surface area contributed by atoms with Crippen LogP contribution < -0.4 is 10.6 Å². The van der Waals surface area contributed by atoms with Crippen LogP contribution in [-0.4, -0.2) is 80.3 Å². The van der Waals surface area contributed by atoms with Gasteiger partial charge in [0.2, 0.25) is 0 Å². The molecular weight excluding hydrogens is 306 g/mol. The summed E-state index contributed by atoms with van der Waals surface area (Å²) in [6, 6.07) is 0. The van der Waals surface area contributed by atoms with Crippen LogP contribution in [0.15, 0.2) is 17.6 Å². The lowest BCUT2D eigenvalue weighted by molar-refractivity contribution is 0.0145. The number of amides is 1. The molecule has 0 bridgehead atoms. The molecule has 1 heterocycles. The first-order chi connectivity index (χ1) is 11.4. The summed E-state index contributed by atoms with van der Waals surface area (Å²) in [5.41, 5.74) is -0.432. The number of piperazine rings is 1. The van der Waals surface area contributed by atoms with E-state index in [1.807, 2.05) is 20.8 Å². The van der Waals surface area contributed by atoms with Crippen LogP contribution in [0.2, 0.25) is 0 Å². The van der Waals surface area contributed by atoms with Crippen molar-refractivity contribution in [3.8, 4) is 0 Å². The molecule has 0 unspecified atom stereocenters. The van der Waals surface area contributed by atoms with E-state index in [4.69, 9.17) is 4.74 Å². The number of carbonyl (C=O) groups excluding carboxylic acids is 1. The molecule has 0 aliphatic carbocycles. The highest BCUT2D eigenvalue weighted by Gasteiger charge is 2.25. The lowest BCUT2D eigenvalue weighted by Crippen LogP contribution is -2.50. The van der Waals surface area contributed by atoms with Crippen molar-refractivity contribution >= 4 is 12.1 Å². The lowest BCUT2D eigenvalue weighted by atomic mass is 10.2. The number of ether oxygens (including phenoxy) is 1. The Balaban J connectivity index is 2.18. The van der Waals surface area contributed by atoms with Gasteiger partial charge in [-0.25, -0.2) is 4.79 Å². The molecule has 7 nitrogen and oxygen atoms in total. The lowest BCUT2D eigenvalue weighted by Gasteiger charge is -2.35. The van der Waals surface area contributed by atoms with Gasteiger partial charge in [-0.05, 0) is 33.7 Å². The summed E-state index contributed by atoms with van der Waals surface area (Å²) in [7, 11) is 1.76. The second kappa shape index (κ2) is 10.2. The van der Waals surface area contributed by atoms with Gasteiger partial charge in [0.05, 0.1) is 0 Å². The van der Waals surface area contributed by atoms with Crippen LogP contribution in [0.5, 0.6) is 0 Å². The normalized spacial score (nSPS) is 16.7. The van der Waals surface area contributed by atoms with E-state index < -0.39 is 5.60 Å². The van der Waals surface area contributed by atoms with E-state index in [2.05, 4.69) is 27.1 Å². The molecule has 1 rings (SSSR count). The van der Waals surface area contributed by atoms with Gasteiger partial charge >= 0.3 is 6.09 Å². The fourth-order valence-electron chi connectivity index (χ4n) is 2.38. The van der Waals surface area contributed by atoms with Crippen molar-refractivity contribution in [2.45, 2.75) is 32.8 Å². The number of nitrogens with zero attached hydrogens (tertiary/aromatic N) is 3. The molecule has 0 saturated carbocycles. The van der Waals surface area contributed by atoms with Gasteiger partial charge in [-0.1, -0.05) is 6.08 Å². The quantitative estimate of drug-likeness (QED) is 0.330. The van der Waals surface area contributed by atoms with Gasteiger partial charge < -0.3 is 20.3 Å². The Labute approximate surface area is 146 Å². The summed E-state index contributed by atoms with van der Waals surface area (Å²) in [6.45, 7) is 15.2. The van der Waals surface area contributed by atoms with Crippen LogP contribution in [0.1, 0.15) is 27.2 Å². The first-order valence-corrected chi connectivity index (χ1v) is 8.61. The summed E-state index contributed by atoms with van der Waals surface area (Å²) in [5.74, 6) is 0.796. The summed E-state index contributed by atoms with van der Waals surface area (Å²) in [5, 5.41) is 6.42. The minimum atomic E-state index is -0.432. The summed E-state index contributed by atoms with van der Waals surface area (Å²) in [6.07, 6.45) is 2.62. The Morgan fingerprint density at radius 2 is 1.92 bits per heavy atom. The van der Waals surface area contributed by atoms with E-state index in [0.717, 1.165) is 51.6 Å². The first kappa shape index (κ1) is 20.3. The maximum Gasteiger partial charge on any atom is 0.410 e. The monoisotopic (exact) mass is 339 g/mol. The number of hydrogen-bond donors (Lipinski definition) is 2. The van der Waals surface area contributed by atoms with Crippen molar-refractivity contribution in [2.75, 3.05) is 52.9 Å². The number of rotatable bonds is 6. The molecule has 1 fully saturated rings. The van der Waals surface area contributed by atoms with Crippen molar-refractivity contribution in [2.24, 2.45) is 4.99 Å². The molecule has 1 saturated heterocycles. The Kier molecular flexibility index (Phi) is 8.60. The summed E-state index contributed by atoms with van der Waals surface area (Å²) < 4.78 is 5.41. The average molecular weight is 339 g/mol. The molecule has 138 valence electrons. The second-order valence-electron chi connectivity index (χ2n) is 6.83. The molecule has 1 amide bonds. The van der Waals surface area contributed by atoms with Crippen molar-refractivity contribution in [1.29, 1.82) is 0 Å². The maximum absolute atomic E-state index is 12.0. The molecule has 0 aromatic carbocycles. The van der Waals surface area contributed by atoms with Crippen molar-refractivity contribution < 1.29 is 9.53 Å². The topological polar surface area (TPSA) is 69.2 Å². The third-order valence-corrected chi connectivity index (χ3v) is 3.61. The van der Waals surface area contributed by atoms with Gasteiger partial charge in [0.25, 0.3) is 0 Å². The van der Waals surface area contributed by atoms with Crippen molar-refractivity contribution in [1.82, 2.24) is 20.4 Å². The highest BCUT2D eigenvalue weighted by molar-refractivity contribution is 5.79. The predicted octanol–water partition coefficient (Wildman–Crippen LogP) is 1.28.